The van der Waals surface area contributed by atoms with Crippen molar-refractivity contribution >= 4 is 11.9 Å². The molecule has 2 aliphatic rings. The number of hydrogen-bond acceptors (Lipinski definition) is 5. The van der Waals surface area contributed by atoms with Crippen molar-refractivity contribution in [1.29, 1.82) is 0 Å². The molecule has 4 atom stereocenters. The number of esters is 2. The van der Waals surface area contributed by atoms with Gasteiger partial charge in [0.2, 0.25) is 0 Å². The lowest BCUT2D eigenvalue weighted by molar-refractivity contribution is -0.167. The lowest BCUT2D eigenvalue weighted by Gasteiger charge is -2.37. The molecule has 96 valence electrons. The highest BCUT2D eigenvalue weighted by Gasteiger charge is 2.70. The van der Waals surface area contributed by atoms with Crippen LogP contribution in [0.2, 0.25) is 0 Å². The van der Waals surface area contributed by atoms with Gasteiger partial charge in [-0.05, 0) is 26.7 Å². The topological polar surface area (TPSA) is 61.8 Å². The van der Waals surface area contributed by atoms with Gasteiger partial charge in [-0.2, -0.15) is 0 Å². The molecule has 0 aromatic heterocycles. The molecule has 2 saturated heterocycles. The summed E-state index contributed by atoms with van der Waals surface area (Å²) in [7, 11) is 2.66. The first-order valence-corrected chi connectivity index (χ1v) is 5.74. The highest BCUT2D eigenvalue weighted by Crippen LogP contribution is 2.58. The molecule has 0 N–H and O–H groups in total. The van der Waals surface area contributed by atoms with Gasteiger partial charge in [-0.1, -0.05) is 0 Å². The third-order valence-corrected chi connectivity index (χ3v) is 4.26. The maximum atomic E-state index is 12.0. The molecular weight excluding hydrogens is 224 g/mol. The summed E-state index contributed by atoms with van der Waals surface area (Å²) in [5, 5.41) is 0. The Balaban J connectivity index is 2.44. The number of methoxy groups -OCH3 is 2. The van der Waals surface area contributed by atoms with Crippen LogP contribution < -0.4 is 0 Å². The Hall–Kier alpha value is -1.10. The van der Waals surface area contributed by atoms with Crippen LogP contribution in [0, 0.1) is 11.3 Å². The van der Waals surface area contributed by atoms with E-state index in [1.165, 1.54) is 14.2 Å². The van der Waals surface area contributed by atoms with Crippen LogP contribution in [-0.4, -0.2) is 37.9 Å². The van der Waals surface area contributed by atoms with Gasteiger partial charge in [0, 0.05) is 0 Å². The number of carbonyl (C=O) groups is 2. The van der Waals surface area contributed by atoms with E-state index in [0.717, 1.165) is 12.8 Å². The van der Waals surface area contributed by atoms with E-state index >= 15 is 0 Å². The van der Waals surface area contributed by atoms with Gasteiger partial charge in [-0.25, -0.2) is 0 Å². The zero-order valence-electron chi connectivity index (χ0n) is 10.6. The first-order valence-electron chi connectivity index (χ1n) is 5.74. The number of rotatable bonds is 2. The summed E-state index contributed by atoms with van der Waals surface area (Å²) in [6, 6.07) is 0. The molecule has 0 unspecified atom stereocenters. The highest BCUT2D eigenvalue weighted by atomic mass is 16.6. The summed E-state index contributed by atoms with van der Waals surface area (Å²) in [6.45, 7) is 3.60. The molecule has 5 nitrogen and oxygen atoms in total. The third-order valence-electron chi connectivity index (χ3n) is 4.26. The second-order valence-electron chi connectivity index (χ2n) is 5.19. The maximum absolute atomic E-state index is 12.0. The van der Waals surface area contributed by atoms with Crippen LogP contribution in [0.1, 0.15) is 26.7 Å². The van der Waals surface area contributed by atoms with Gasteiger partial charge in [-0.3, -0.25) is 9.59 Å². The summed E-state index contributed by atoms with van der Waals surface area (Å²) < 4.78 is 15.5. The molecule has 2 rings (SSSR count). The summed E-state index contributed by atoms with van der Waals surface area (Å²) in [6.07, 6.45) is 1.28. The fourth-order valence-corrected chi connectivity index (χ4v) is 3.40. The van der Waals surface area contributed by atoms with E-state index in [2.05, 4.69) is 0 Å². The Morgan fingerprint density at radius 2 is 1.88 bits per heavy atom. The quantitative estimate of drug-likeness (QED) is 0.673. The van der Waals surface area contributed by atoms with Gasteiger partial charge in [0.15, 0.2) is 0 Å². The van der Waals surface area contributed by atoms with Crippen molar-refractivity contribution in [1.82, 2.24) is 0 Å². The number of fused-ring (bicyclic) bond motifs is 2. The van der Waals surface area contributed by atoms with E-state index in [9.17, 15) is 9.59 Å². The minimum absolute atomic E-state index is 0.260. The Kier molecular flexibility index (Phi) is 2.69. The molecule has 2 heterocycles. The molecule has 2 fully saturated rings. The Labute approximate surface area is 100 Å². The van der Waals surface area contributed by atoms with Crippen molar-refractivity contribution in [3.8, 4) is 0 Å². The molecule has 2 bridgehead atoms. The molecule has 0 amide bonds. The van der Waals surface area contributed by atoms with Crippen LogP contribution in [0.3, 0.4) is 0 Å². The summed E-state index contributed by atoms with van der Waals surface area (Å²) in [5.74, 6) is -1.39. The Morgan fingerprint density at radius 3 is 2.41 bits per heavy atom. The molecule has 5 heteroatoms. The molecule has 0 aromatic rings. The molecule has 0 radical (unpaired) electrons. The largest absolute Gasteiger partial charge is 0.469 e. The molecule has 0 saturated carbocycles. The average molecular weight is 242 g/mol. The Morgan fingerprint density at radius 1 is 1.24 bits per heavy atom. The highest BCUT2D eigenvalue weighted by molar-refractivity contribution is 5.87. The second-order valence-corrected chi connectivity index (χ2v) is 5.19. The zero-order valence-corrected chi connectivity index (χ0v) is 10.6. The van der Waals surface area contributed by atoms with Crippen LogP contribution in [-0.2, 0) is 23.8 Å². The predicted octanol–water partition coefficient (Wildman–Crippen LogP) is 0.906. The van der Waals surface area contributed by atoms with Gasteiger partial charge in [-0.15, -0.1) is 0 Å². The summed E-state index contributed by atoms with van der Waals surface area (Å²) in [5.41, 5.74) is -1.55. The normalized spacial score (nSPS) is 43.5. The monoisotopic (exact) mass is 242 g/mol. The van der Waals surface area contributed by atoms with Crippen molar-refractivity contribution < 1.29 is 23.8 Å². The number of ether oxygens (including phenoxy) is 3. The first kappa shape index (κ1) is 12.4. The van der Waals surface area contributed by atoms with Crippen molar-refractivity contribution in [3.63, 3.8) is 0 Å². The molecule has 0 aromatic carbocycles. The van der Waals surface area contributed by atoms with Crippen LogP contribution in [0.4, 0.5) is 0 Å². The lowest BCUT2D eigenvalue weighted by Crippen LogP contribution is -2.51. The SMILES string of the molecule is COC(=O)[C@H]1[C@@](C)(C(=O)OC)[C@@H]2CC[C@@]1(C)O2. The van der Waals surface area contributed by atoms with Crippen molar-refractivity contribution in [2.45, 2.75) is 38.4 Å². The first-order chi connectivity index (χ1) is 7.90. The Bertz CT molecular complexity index is 366. The zero-order chi connectivity index (χ0) is 12.8. The van der Waals surface area contributed by atoms with E-state index in [-0.39, 0.29) is 6.10 Å². The second kappa shape index (κ2) is 3.70. The number of carbonyl (C=O) groups excluding carboxylic acids is 2. The van der Waals surface area contributed by atoms with E-state index in [1.807, 2.05) is 6.92 Å². The smallest absolute Gasteiger partial charge is 0.315 e. The van der Waals surface area contributed by atoms with Crippen LogP contribution >= 0.6 is 0 Å². The van der Waals surface area contributed by atoms with E-state index < -0.39 is 28.9 Å². The van der Waals surface area contributed by atoms with Crippen LogP contribution in [0.15, 0.2) is 0 Å². The minimum atomic E-state index is -0.936. The molecule has 2 aliphatic heterocycles. The fourth-order valence-electron chi connectivity index (χ4n) is 3.40. The van der Waals surface area contributed by atoms with Crippen molar-refractivity contribution in [2.24, 2.45) is 11.3 Å². The van der Waals surface area contributed by atoms with Gasteiger partial charge in [0.25, 0.3) is 0 Å². The maximum Gasteiger partial charge on any atom is 0.315 e. The van der Waals surface area contributed by atoms with Crippen LogP contribution in [0.25, 0.3) is 0 Å². The molecular formula is C12H18O5. The van der Waals surface area contributed by atoms with Crippen LogP contribution in [0.5, 0.6) is 0 Å². The van der Waals surface area contributed by atoms with Gasteiger partial charge >= 0.3 is 11.9 Å². The van der Waals surface area contributed by atoms with Gasteiger partial charge in [0.05, 0.1) is 25.9 Å². The molecule has 0 spiro atoms. The third kappa shape index (κ3) is 1.41. The molecule has 0 aliphatic carbocycles. The van der Waals surface area contributed by atoms with Crippen molar-refractivity contribution in [2.75, 3.05) is 14.2 Å². The van der Waals surface area contributed by atoms with E-state index in [1.54, 1.807) is 6.92 Å². The van der Waals surface area contributed by atoms with Crippen molar-refractivity contribution in [3.05, 3.63) is 0 Å². The standard InChI is InChI=1S/C12H18O5/c1-11-6-5-7(17-11)12(2,10(14)16-4)8(11)9(13)15-3/h7-8H,5-6H2,1-4H3/t7-,8+,11+,12-/m0/s1. The van der Waals surface area contributed by atoms with Gasteiger partial charge in [0.1, 0.15) is 11.3 Å². The molecule has 17 heavy (non-hydrogen) atoms. The number of hydrogen-bond donors (Lipinski definition) is 0. The van der Waals surface area contributed by atoms with Gasteiger partial charge < -0.3 is 14.2 Å². The summed E-state index contributed by atoms with van der Waals surface area (Å²) in [4.78, 5) is 23.9. The summed E-state index contributed by atoms with van der Waals surface area (Å²) >= 11 is 0. The van der Waals surface area contributed by atoms with E-state index in [4.69, 9.17) is 14.2 Å². The fraction of sp³-hybridized carbons (Fsp3) is 0.833. The van der Waals surface area contributed by atoms with E-state index in [0.29, 0.717) is 0 Å². The minimum Gasteiger partial charge on any atom is -0.469 e. The predicted molar refractivity (Wildman–Crippen MR) is 58.1 cm³/mol. The lowest BCUT2D eigenvalue weighted by atomic mass is 9.63. The average Bonchev–Trinajstić information content (AvgIpc) is 2.79.